The maximum atomic E-state index is 12.1. The van der Waals surface area contributed by atoms with Crippen LogP contribution in [0.3, 0.4) is 0 Å². The van der Waals surface area contributed by atoms with Gasteiger partial charge in [-0.25, -0.2) is 13.1 Å². The molecule has 0 aliphatic rings. The van der Waals surface area contributed by atoms with Crippen molar-refractivity contribution in [3.8, 4) is 0 Å². The third-order valence-electron chi connectivity index (χ3n) is 2.86. The molecular formula is C15H26N2O3S. The molecule has 0 heterocycles. The SMILES string of the molecule is CCN(CC(C)(C)O)c1ccc(S(=O)(=O)NC(C)C)cc1. The van der Waals surface area contributed by atoms with Crippen LogP contribution in [0.5, 0.6) is 0 Å². The van der Waals surface area contributed by atoms with E-state index in [1.165, 1.54) is 0 Å². The van der Waals surface area contributed by atoms with Crippen LogP contribution in [-0.2, 0) is 10.0 Å². The molecule has 0 radical (unpaired) electrons. The molecule has 0 aromatic heterocycles. The fraction of sp³-hybridized carbons (Fsp3) is 0.600. The number of benzene rings is 1. The third-order valence-corrected chi connectivity index (χ3v) is 4.54. The van der Waals surface area contributed by atoms with Crippen LogP contribution in [0.2, 0.25) is 0 Å². The second-order valence-corrected chi connectivity index (χ2v) is 7.81. The van der Waals surface area contributed by atoms with Crippen molar-refractivity contribution >= 4 is 15.7 Å². The summed E-state index contributed by atoms with van der Waals surface area (Å²) in [5.74, 6) is 0. The lowest BCUT2D eigenvalue weighted by Gasteiger charge is -2.30. The van der Waals surface area contributed by atoms with Crippen molar-refractivity contribution in [2.45, 2.75) is 51.2 Å². The van der Waals surface area contributed by atoms with Crippen molar-refractivity contribution in [1.29, 1.82) is 0 Å². The normalized spacial score (nSPS) is 12.7. The number of hydrogen-bond donors (Lipinski definition) is 2. The van der Waals surface area contributed by atoms with Gasteiger partial charge in [0.25, 0.3) is 0 Å². The maximum Gasteiger partial charge on any atom is 0.240 e. The highest BCUT2D eigenvalue weighted by atomic mass is 32.2. The van der Waals surface area contributed by atoms with E-state index in [4.69, 9.17) is 0 Å². The molecule has 0 amide bonds. The fourth-order valence-corrected chi connectivity index (χ4v) is 3.32. The molecular weight excluding hydrogens is 288 g/mol. The molecule has 0 saturated carbocycles. The van der Waals surface area contributed by atoms with Crippen LogP contribution in [0.15, 0.2) is 29.2 Å². The van der Waals surface area contributed by atoms with Gasteiger partial charge in [-0.1, -0.05) is 0 Å². The Kier molecular flexibility index (Phi) is 5.78. The molecule has 1 aromatic carbocycles. The first-order chi connectivity index (χ1) is 9.55. The van der Waals surface area contributed by atoms with Gasteiger partial charge in [0.05, 0.1) is 10.5 Å². The summed E-state index contributed by atoms with van der Waals surface area (Å²) in [5.41, 5.74) is 0.0862. The summed E-state index contributed by atoms with van der Waals surface area (Å²) < 4.78 is 26.7. The summed E-state index contributed by atoms with van der Waals surface area (Å²) in [6, 6.07) is 6.58. The van der Waals surface area contributed by atoms with E-state index in [1.54, 1.807) is 52.0 Å². The highest BCUT2D eigenvalue weighted by Gasteiger charge is 2.19. The largest absolute Gasteiger partial charge is 0.389 e. The van der Waals surface area contributed by atoms with Gasteiger partial charge in [-0.3, -0.25) is 0 Å². The Morgan fingerprint density at radius 3 is 2.14 bits per heavy atom. The molecule has 6 heteroatoms. The molecule has 1 rings (SSSR count). The van der Waals surface area contributed by atoms with Crippen LogP contribution in [0.1, 0.15) is 34.6 Å². The Hall–Kier alpha value is -1.11. The van der Waals surface area contributed by atoms with Crippen molar-refractivity contribution in [3.63, 3.8) is 0 Å². The van der Waals surface area contributed by atoms with Crippen LogP contribution < -0.4 is 9.62 Å². The van der Waals surface area contributed by atoms with Gasteiger partial charge in [-0.2, -0.15) is 0 Å². The van der Waals surface area contributed by atoms with Gasteiger partial charge in [-0.05, 0) is 58.9 Å². The van der Waals surface area contributed by atoms with Crippen LogP contribution in [0.4, 0.5) is 5.69 Å². The Bertz CT molecular complexity index is 545. The first kappa shape index (κ1) is 17.9. The zero-order valence-corrected chi connectivity index (χ0v) is 14.2. The lowest BCUT2D eigenvalue weighted by atomic mass is 10.1. The molecule has 21 heavy (non-hydrogen) atoms. The van der Waals surface area contributed by atoms with Crippen LogP contribution >= 0.6 is 0 Å². The maximum absolute atomic E-state index is 12.1. The highest BCUT2D eigenvalue weighted by molar-refractivity contribution is 7.89. The van der Waals surface area contributed by atoms with Crippen LogP contribution in [0, 0.1) is 0 Å². The lowest BCUT2D eigenvalue weighted by Crippen LogP contribution is -2.38. The van der Waals surface area contributed by atoms with Crippen molar-refractivity contribution in [3.05, 3.63) is 24.3 Å². The minimum absolute atomic E-state index is 0.142. The molecule has 0 aliphatic carbocycles. The fourth-order valence-electron chi connectivity index (χ4n) is 2.07. The minimum Gasteiger partial charge on any atom is -0.389 e. The number of likely N-dealkylation sites (N-methyl/N-ethyl adjacent to an activating group) is 1. The van der Waals surface area contributed by atoms with Crippen LogP contribution in [0.25, 0.3) is 0 Å². The first-order valence-electron chi connectivity index (χ1n) is 7.15. The topological polar surface area (TPSA) is 69.6 Å². The summed E-state index contributed by atoms with van der Waals surface area (Å²) >= 11 is 0. The van der Waals surface area contributed by atoms with Gasteiger partial charge in [0, 0.05) is 24.8 Å². The molecule has 0 spiro atoms. The predicted octanol–water partition coefficient (Wildman–Crippen LogP) is 1.97. The van der Waals surface area contributed by atoms with Crippen molar-refractivity contribution in [2.75, 3.05) is 18.0 Å². The number of anilines is 1. The quantitative estimate of drug-likeness (QED) is 0.807. The van der Waals surface area contributed by atoms with E-state index in [1.807, 2.05) is 11.8 Å². The molecule has 0 saturated heterocycles. The molecule has 0 atom stereocenters. The molecule has 0 aliphatic heterocycles. The first-order valence-corrected chi connectivity index (χ1v) is 8.63. The number of aliphatic hydroxyl groups is 1. The van der Waals surface area contributed by atoms with E-state index in [0.29, 0.717) is 6.54 Å². The van der Waals surface area contributed by atoms with Gasteiger partial charge >= 0.3 is 0 Å². The van der Waals surface area contributed by atoms with Crippen molar-refractivity contribution in [2.24, 2.45) is 0 Å². The van der Waals surface area contributed by atoms with E-state index in [2.05, 4.69) is 4.72 Å². The number of hydrogen-bond acceptors (Lipinski definition) is 4. The Labute approximate surface area is 128 Å². The number of sulfonamides is 1. The molecule has 1 aromatic rings. The Balaban J connectivity index is 2.96. The standard InChI is InChI=1S/C15H26N2O3S/c1-6-17(11-15(4,5)18)13-7-9-14(10-8-13)21(19,20)16-12(2)3/h7-10,12,16,18H,6,11H2,1-5H3. The summed E-state index contributed by atoms with van der Waals surface area (Å²) in [7, 11) is -3.46. The average Bonchev–Trinajstić information content (AvgIpc) is 2.33. The predicted molar refractivity (Wildman–Crippen MR) is 86.1 cm³/mol. The van der Waals surface area contributed by atoms with E-state index in [9.17, 15) is 13.5 Å². The highest BCUT2D eigenvalue weighted by Crippen LogP contribution is 2.20. The lowest BCUT2D eigenvalue weighted by molar-refractivity contribution is 0.0876. The zero-order chi connectivity index (χ0) is 16.3. The molecule has 2 N–H and O–H groups in total. The molecule has 0 fully saturated rings. The summed E-state index contributed by atoms with van der Waals surface area (Å²) in [4.78, 5) is 2.26. The number of nitrogens with one attached hydrogen (secondary N) is 1. The minimum atomic E-state index is -3.46. The van der Waals surface area contributed by atoms with E-state index in [0.717, 1.165) is 12.2 Å². The number of rotatable bonds is 7. The smallest absolute Gasteiger partial charge is 0.240 e. The molecule has 0 bridgehead atoms. The van der Waals surface area contributed by atoms with Gasteiger partial charge in [-0.15, -0.1) is 0 Å². The van der Waals surface area contributed by atoms with Crippen molar-refractivity contribution < 1.29 is 13.5 Å². The molecule has 120 valence electrons. The molecule has 0 unspecified atom stereocenters. The monoisotopic (exact) mass is 314 g/mol. The second-order valence-electron chi connectivity index (χ2n) is 6.10. The van der Waals surface area contributed by atoms with E-state index < -0.39 is 15.6 Å². The second kappa shape index (κ2) is 6.77. The Morgan fingerprint density at radius 1 is 1.24 bits per heavy atom. The van der Waals surface area contributed by atoms with Crippen molar-refractivity contribution in [1.82, 2.24) is 4.72 Å². The third kappa shape index (κ3) is 5.65. The summed E-state index contributed by atoms with van der Waals surface area (Å²) in [6.45, 7) is 10.3. The van der Waals surface area contributed by atoms with Gasteiger partial charge in [0.15, 0.2) is 0 Å². The van der Waals surface area contributed by atoms with Crippen LogP contribution in [-0.4, -0.2) is 38.3 Å². The number of nitrogens with zero attached hydrogens (tertiary/aromatic N) is 1. The summed E-state index contributed by atoms with van der Waals surface area (Å²) in [6.07, 6.45) is 0. The van der Waals surface area contributed by atoms with E-state index >= 15 is 0 Å². The summed E-state index contributed by atoms with van der Waals surface area (Å²) in [5, 5.41) is 9.92. The van der Waals surface area contributed by atoms with E-state index in [-0.39, 0.29) is 10.9 Å². The van der Waals surface area contributed by atoms with Gasteiger partial charge in [0.2, 0.25) is 10.0 Å². The molecule has 5 nitrogen and oxygen atoms in total. The van der Waals surface area contributed by atoms with Gasteiger partial charge < -0.3 is 10.0 Å². The average molecular weight is 314 g/mol. The van der Waals surface area contributed by atoms with Gasteiger partial charge in [0.1, 0.15) is 0 Å². The zero-order valence-electron chi connectivity index (χ0n) is 13.4. The Morgan fingerprint density at radius 2 is 1.76 bits per heavy atom.